The molecule has 0 aromatic rings. The molecule has 13 heavy (non-hydrogen) atoms. The van der Waals surface area contributed by atoms with E-state index in [0.717, 1.165) is 12.2 Å². The Morgan fingerprint density at radius 1 is 1.69 bits per heavy atom. The Bertz CT molecular complexity index is 185. The lowest BCUT2D eigenvalue weighted by molar-refractivity contribution is -0.130. The van der Waals surface area contributed by atoms with Crippen molar-refractivity contribution >= 4 is 17.7 Å². The van der Waals surface area contributed by atoms with Crippen LogP contribution in [-0.4, -0.2) is 29.6 Å². The number of rotatable bonds is 3. The number of hydrogen-bond acceptors (Lipinski definition) is 2. The Hall–Kier alpha value is -0.250. The van der Waals surface area contributed by atoms with Gasteiger partial charge in [0.15, 0.2) is 5.67 Å². The van der Waals surface area contributed by atoms with Crippen LogP contribution in [0.2, 0.25) is 0 Å². The van der Waals surface area contributed by atoms with Crippen LogP contribution in [0, 0.1) is 5.92 Å². The van der Waals surface area contributed by atoms with Crippen molar-refractivity contribution in [3.8, 4) is 0 Å². The van der Waals surface area contributed by atoms with Crippen molar-refractivity contribution in [2.24, 2.45) is 5.92 Å². The summed E-state index contributed by atoms with van der Waals surface area (Å²) in [7, 11) is 0. The molecule has 1 atom stereocenters. The molecule has 0 spiro atoms. The van der Waals surface area contributed by atoms with E-state index in [4.69, 9.17) is 0 Å². The Morgan fingerprint density at radius 2 is 2.38 bits per heavy atom. The summed E-state index contributed by atoms with van der Waals surface area (Å²) in [5.74, 6) is 2.30. The van der Waals surface area contributed by atoms with E-state index >= 15 is 0 Å². The minimum absolute atomic E-state index is 0.496. The van der Waals surface area contributed by atoms with Gasteiger partial charge in [-0.1, -0.05) is 0 Å². The molecule has 1 aliphatic heterocycles. The molecule has 2 nitrogen and oxygen atoms in total. The molecule has 0 aromatic carbocycles. The van der Waals surface area contributed by atoms with Crippen molar-refractivity contribution in [2.75, 3.05) is 18.1 Å². The van der Waals surface area contributed by atoms with Gasteiger partial charge >= 0.3 is 0 Å². The third kappa shape index (κ3) is 3.55. The highest BCUT2D eigenvalue weighted by atomic mass is 32.2. The summed E-state index contributed by atoms with van der Waals surface area (Å²) in [6.45, 7) is 3.19. The maximum atomic E-state index is 13.0. The molecule has 1 rings (SSSR count). The number of carbonyl (C=O) groups excluding carboxylic acids is 1. The van der Waals surface area contributed by atoms with E-state index in [1.165, 1.54) is 19.6 Å². The average molecular weight is 205 g/mol. The summed E-state index contributed by atoms with van der Waals surface area (Å²) in [5.41, 5.74) is -1.74. The van der Waals surface area contributed by atoms with Crippen LogP contribution in [0.3, 0.4) is 0 Å². The van der Waals surface area contributed by atoms with E-state index in [0.29, 0.717) is 12.5 Å². The summed E-state index contributed by atoms with van der Waals surface area (Å²) in [6.07, 6.45) is 1.14. The van der Waals surface area contributed by atoms with Gasteiger partial charge in [0.2, 0.25) is 0 Å². The molecule has 1 N–H and O–H groups in total. The SMILES string of the molecule is CC(C)(F)C(=O)NCC1CCSC1. The number of hydrogen-bond donors (Lipinski definition) is 1. The molecule has 0 saturated carbocycles. The molecule has 0 radical (unpaired) electrons. The lowest BCUT2D eigenvalue weighted by atomic mass is 10.1. The van der Waals surface area contributed by atoms with E-state index in [1.807, 2.05) is 11.8 Å². The van der Waals surface area contributed by atoms with Crippen molar-refractivity contribution in [3.05, 3.63) is 0 Å². The van der Waals surface area contributed by atoms with Gasteiger partial charge in [0, 0.05) is 6.54 Å². The average Bonchev–Trinajstić information content (AvgIpc) is 2.50. The largest absolute Gasteiger partial charge is 0.353 e. The van der Waals surface area contributed by atoms with Gasteiger partial charge < -0.3 is 5.32 Å². The number of halogens is 1. The number of nitrogens with one attached hydrogen (secondary N) is 1. The highest BCUT2D eigenvalue weighted by Crippen LogP contribution is 2.22. The van der Waals surface area contributed by atoms with E-state index < -0.39 is 11.6 Å². The molecule has 1 aliphatic rings. The van der Waals surface area contributed by atoms with E-state index in [-0.39, 0.29) is 0 Å². The highest BCUT2D eigenvalue weighted by Gasteiger charge is 2.27. The van der Waals surface area contributed by atoms with E-state index in [9.17, 15) is 9.18 Å². The van der Waals surface area contributed by atoms with Crippen molar-refractivity contribution in [1.29, 1.82) is 0 Å². The molecule has 1 unspecified atom stereocenters. The molecule has 0 aliphatic carbocycles. The first-order valence-electron chi connectivity index (χ1n) is 4.55. The first-order valence-corrected chi connectivity index (χ1v) is 5.70. The molecule has 1 amide bonds. The van der Waals surface area contributed by atoms with Gasteiger partial charge in [0.25, 0.3) is 5.91 Å². The van der Waals surface area contributed by atoms with E-state index in [1.54, 1.807) is 0 Å². The first-order chi connectivity index (χ1) is 6.00. The standard InChI is InChI=1S/C9H16FNOS/c1-9(2,10)8(12)11-5-7-3-4-13-6-7/h7H,3-6H2,1-2H3,(H,11,12). The summed E-state index contributed by atoms with van der Waals surface area (Å²) in [4.78, 5) is 11.1. The molecule has 0 aromatic heterocycles. The molecule has 1 saturated heterocycles. The van der Waals surface area contributed by atoms with Crippen LogP contribution in [-0.2, 0) is 4.79 Å². The molecule has 1 fully saturated rings. The minimum Gasteiger partial charge on any atom is -0.353 e. The van der Waals surface area contributed by atoms with Gasteiger partial charge in [-0.2, -0.15) is 11.8 Å². The second kappa shape index (κ2) is 4.31. The zero-order valence-corrected chi connectivity index (χ0v) is 8.92. The van der Waals surface area contributed by atoms with Crippen molar-refractivity contribution in [3.63, 3.8) is 0 Å². The minimum atomic E-state index is -1.74. The molecule has 0 bridgehead atoms. The quantitative estimate of drug-likeness (QED) is 0.758. The smallest absolute Gasteiger partial charge is 0.257 e. The van der Waals surface area contributed by atoms with Crippen LogP contribution in [0.5, 0.6) is 0 Å². The van der Waals surface area contributed by atoms with Crippen molar-refractivity contribution in [1.82, 2.24) is 5.32 Å². The molecular weight excluding hydrogens is 189 g/mol. The summed E-state index contributed by atoms with van der Waals surface area (Å²) in [5, 5.41) is 2.64. The highest BCUT2D eigenvalue weighted by molar-refractivity contribution is 7.99. The lowest BCUT2D eigenvalue weighted by Gasteiger charge is -2.16. The predicted molar refractivity (Wildman–Crippen MR) is 53.6 cm³/mol. The lowest BCUT2D eigenvalue weighted by Crippen LogP contribution is -2.41. The Kier molecular flexibility index (Phi) is 3.59. The summed E-state index contributed by atoms with van der Waals surface area (Å²) < 4.78 is 13.0. The third-order valence-electron chi connectivity index (χ3n) is 2.12. The molecule has 76 valence electrons. The fraction of sp³-hybridized carbons (Fsp3) is 0.889. The fourth-order valence-electron chi connectivity index (χ4n) is 1.19. The molecule has 1 heterocycles. The van der Waals surface area contributed by atoms with Crippen molar-refractivity contribution in [2.45, 2.75) is 25.9 Å². The third-order valence-corrected chi connectivity index (χ3v) is 3.35. The predicted octanol–water partition coefficient (Wildman–Crippen LogP) is 1.60. The Morgan fingerprint density at radius 3 is 2.85 bits per heavy atom. The first kappa shape index (κ1) is 10.8. The monoisotopic (exact) mass is 205 g/mol. The number of alkyl halides is 1. The summed E-state index contributed by atoms with van der Waals surface area (Å²) >= 11 is 1.90. The topological polar surface area (TPSA) is 29.1 Å². The summed E-state index contributed by atoms with van der Waals surface area (Å²) in [6, 6.07) is 0. The van der Waals surface area contributed by atoms with Gasteiger partial charge in [0.05, 0.1) is 0 Å². The van der Waals surface area contributed by atoms with Crippen LogP contribution < -0.4 is 5.32 Å². The maximum absolute atomic E-state index is 13.0. The maximum Gasteiger partial charge on any atom is 0.257 e. The molecular formula is C9H16FNOS. The van der Waals surface area contributed by atoms with Crippen LogP contribution in [0.1, 0.15) is 20.3 Å². The normalized spacial score (nSPS) is 23.2. The second-order valence-corrected chi connectivity index (χ2v) is 5.06. The number of carbonyl (C=O) groups is 1. The van der Waals surface area contributed by atoms with Gasteiger partial charge in [-0.05, 0) is 37.7 Å². The van der Waals surface area contributed by atoms with Crippen LogP contribution >= 0.6 is 11.8 Å². The fourth-order valence-corrected chi connectivity index (χ4v) is 2.48. The van der Waals surface area contributed by atoms with Gasteiger partial charge in [-0.25, -0.2) is 4.39 Å². The van der Waals surface area contributed by atoms with Crippen LogP contribution in [0.15, 0.2) is 0 Å². The zero-order valence-electron chi connectivity index (χ0n) is 8.10. The van der Waals surface area contributed by atoms with Gasteiger partial charge in [-0.15, -0.1) is 0 Å². The van der Waals surface area contributed by atoms with Crippen molar-refractivity contribution < 1.29 is 9.18 Å². The van der Waals surface area contributed by atoms with Gasteiger partial charge in [-0.3, -0.25) is 4.79 Å². The molecule has 4 heteroatoms. The van der Waals surface area contributed by atoms with Crippen LogP contribution in [0.25, 0.3) is 0 Å². The Balaban J connectivity index is 2.22. The Labute approximate surface area is 82.7 Å². The second-order valence-electron chi connectivity index (χ2n) is 3.91. The van der Waals surface area contributed by atoms with Gasteiger partial charge in [0.1, 0.15) is 0 Å². The van der Waals surface area contributed by atoms with E-state index in [2.05, 4.69) is 5.32 Å². The van der Waals surface area contributed by atoms with Crippen LogP contribution in [0.4, 0.5) is 4.39 Å². The number of amides is 1. The zero-order chi connectivity index (χ0) is 9.90. The number of thioether (sulfide) groups is 1.